The molecule has 0 saturated carbocycles. The molecule has 9 amide bonds. The fourth-order valence-corrected chi connectivity index (χ4v) is 10.2. The number of aliphatic imine (C=N–C) groups is 3. The van der Waals surface area contributed by atoms with Gasteiger partial charge in [0.2, 0.25) is 53.2 Å². The Labute approximate surface area is 514 Å². The Bertz CT molecular complexity index is 2610. The van der Waals surface area contributed by atoms with Gasteiger partial charge < -0.3 is 97.4 Å². The van der Waals surface area contributed by atoms with Crippen LogP contribution in [0.25, 0.3) is 0 Å². The second-order valence-electron chi connectivity index (χ2n) is 23.6. The average Bonchev–Trinajstić information content (AvgIpc) is 3.75. The maximum Gasteiger partial charge on any atom is 0.326 e. The number of benzene rings is 1. The van der Waals surface area contributed by atoms with Crippen molar-refractivity contribution in [1.29, 1.82) is 0 Å². The maximum atomic E-state index is 14.6. The van der Waals surface area contributed by atoms with Crippen LogP contribution in [0.15, 0.2) is 39.2 Å². The van der Waals surface area contributed by atoms with Crippen molar-refractivity contribution in [3.63, 3.8) is 0 Å². The Morgan fingerprint density at radius 3 is 1.36 bits per heavy atom. The van der Waals surface area contributed by atoms with Crippen molar-refractivity contribution in [2.75, 3.05) is 39.3 Å². The highest BCUT2D eigenvalue weighted by Gasteiger charge is 2.41. The number of carboxylic acid groups (broad SMARTS) is 1. The van der Waals surface area contributed by atoms with Crippen LogP contribution in [0.3, 0.4) is 0 Å². The van der Waals surface area contributed by atoms with E-state index in [1.54, 1.807) is 26.0 Å². The van der Waals surface area contributed by atoms with Crippen LogP contribution in [0.5, 0.6) is 5.75 Å². The van der Waals surface area contributed by atoms with E-state index in [9.17, 15) is 58.2 Å². The van der Waals surface area contributed by atoms with Gasteiger partial charge in [0.15, 0.2) is 17.9 Å². The molecule has 0 aromatic heterocycles. The van der Waals surface area contributed by atoms with Crippen molar-refractivity contribution >= 4 is 77.0 Å². The van der Waals surface area contributed by atoms with Gasteiger partial charge in [0.05, 0.1) is 12.6 Å². The zero-order valence-corrected chi connectivity index (χ0v) is 51.6. The van der Waals surface area contributed by atoms with Crippen LogP contribution in [-0.4, -0.2) is 191 Å². The van der Waals surface area contributed by atoms with E-state index in [-0.39, 0.29) is 151 Å². The predicted octanol–water partition coefficient (Wildman–Crippen LogP) is -3.35. The molecule has 1 aromatic carbocycles. The van der Waals surface area contributed by atoms with Gasteiger partial charge in [-0.05, 0) is 125 Å². The molecule has 1 aromatic rings. The highest BCUT2D eigenvalue weighted by molar-refractivity contribution is 5.98. The topological polar surface area (TPSA) is 521 Å². The lowest BCUT2D eigenvalue weighted by atomic mass is 9.99. The molecule has 88 heavy (non-hydrogen) atoms. The molecule has 0 unspecified atom stereocenters. The standard InChI is InChI=1S/C57H97N19O12/c1-31(2)26-40(72-46(79)36(58)29-34-17-19-35(77)20-18-34)50(83)73-41(27-32(3)4)53(86)76-25-11-16-44(76)52(85)71-38(13-8-22-66-56(61)62)48(81)69-37(12-7-21-65-55(59)60)47(80)68-30-45(78)75-24-10-15-43(75)51(84)70-39(14-9-23-67-57(63)64)49(82)74-42(54(87)88)28-33(5)6/h17-20,31-33,36-44,77H,7-16,21-30,58H2,1-6H3,(H,68,80)(H,69,81)(H,70,84)(H,71,85)(H,72,79)(H,73,83)(H,74,82)(H,87,88)(H4,59,60,65)(H4,61,62,66)(H4,63,64,67)/t36-,37-,38-,39-,40-,41-,42-,43-,44-/m0/s1. The Morgan fingerprint density at radius 2 is 0.909 bits per heavy atom. The number of hydrogen-bond donors (Lipinski definition) is 16. The molecule has 2 heterocycles. The Balaban J connectivity index is 1.83. The summed E-state index contributed by atoms with van der Waals surface area (Å²) in [6.07, 6.45) is 2.21. The normalized spacial score (nSPS) is 17.0. The molecule has 492 valence electrons. The SMILES string of the molecule is CC(C)C[C@H](NC(=O)[C@H](CCCN=C(N)N)NC(=O)[C@@H]1CCCN1C(=O)CNC(=O)[C@H](CCCN=C(N)N)NC(=O)[C@H](CCCN=C(N)N)NC(=O)[C@@H]1CCCN1C(=O)[C@H](CC(C)C)NC(=O)[C@H](CC(C)C)NC(=O)[C@@H](N)Cc1ccc(O)cc1)C(=O)O. The number of nitrogens with two attached hydrogens (primary N) is 7. The zero-order chi connectivity index (χ0) is 65.8. The van der Waals surface area contributed by atoms with Gasteiger partial charge in [0, 0.05) is 32.7 Å². The van der Waals surface area contributed by atoms with Crippen LogP contribution in [0, 0.1) is 17.8 Å². The van der Waals surface area contributed by atoms with Gasteiger partial charge in [-0.15, -0.1) is 0 Å². The first kappa shape index (κ1) is 73.7. The number of phenolic OH excluding ortho intramolecular Hbond substituents is 1. The molecular weight excluding hydrogens is 1140 g/mol. The Morgan fingerprint density at radius 1 is 0.523 bits per heavy atom. The van der Waals surface area contributed by atoms with Gasteiger partial charge in [-0.25, -0.2) is 4.79 Å². The molecule has 0 radical (unpaired) electrons. The lowest BCUT2D eigenvalue weighted by molar-refractivity contribution is -0.143. The highest BCUT2D eigenvalue weighted by Crippen LogP contribution is 2.23. The fraction of sp³-hybridized carbons (Fsp3) is 0.667. The largest absolute Gasteiger partial charge is 0.508 e. The number of aromatic hydroxyl groups is 1. The molecule has 9 atom stereocenters. The van der Waals surface area contributed by atoms with E-state index < -0.39 is 120 Å². The van der Waals surface area contributed by atoms with Gasteiger partial charge in [0.25, 0.3) is 0 Å². The molecule has 31 nitrogen and oxygen atoms in total. The third kappa shape index (κ3) is 26.2. The first-order valence-electron chi connectivity index (χ1n) is 30.1. The summed E-state index contributed by atoms with van der Waals surface area (Å²) in [5.74, 6) is -8.38. The van der Waals surface area contributed by atoms with Crippen LogP contribution in [-0.2, 0) is 54.4 Å². The van der Waals surface area contributed by atoms with E-state index in [1.807, 2.05) is 27.7 Å². The van der Waals surface area contributed by atoms with Crippen molar-refractivity contribution in [2.45, 2.75) is 186 Å². The van der Waals surface area contributed by atoms with Crippen molar-refractivity contribution in [3.8, 4) is 5.75 Å². The smallest absolute Gasteiger partial charge is 0.326 e. The third-order valence-corrected chi connectivity index (χ3v) is 14.6. The third-order valence-electron chi connectivity index (χ3n) is 14.6. The lowest BCUT2D eigenvalue weighted by Crippen LogP contribution is -2.59. The second-order valence-corrected chi connectivity index (χ2v) is 23.6. The van der Waals surface area contributed by atoms with Crippen LogP contribution in [0.4, 0.5) is 0 Å². The van der Waals surface area contributed by atoms with E-state index in [0.717, 1.165) is 0 Å². The molecular formula is C57H97N19O12. The highest BCUT2D eigenvalue weighted by atomic mass is 16.4. The minimum Gasteiger partial charge on any atom is -0.508 e. The molecule has 31 heteroatoms. The average molecular weight is 1240 g/mol. The number of rotatable bonds is 37. The number of nitrogens with one attached hydrogen (secondary N) is 7. The van der Waals surface area contributed by atoms with Gasteiger partial charge in [-0.1, -0.05) is 53.7 Å². The molecule has 23 N–H and O–H groups in total. The number of phenols is 1. The summed E-state index contributed by atoms with van der Waals surface area (Å²) in [6.45, 7) is 10.8. The summed E-state index contributed by atoms with van der Waals surface area (Å²) < 4.78 is 0. The zero-order valence-electron chi connectivity index (χ0n) is 51.6. The summed E-state index contributed by atoms with van der Waals surface area (Å²) in [5.41, 5.74) is 40.1. The summed E-state index contributed by atoms with van der Waals surface area (Å²) in [7, 11) is 0. The van der Waals surface area contributed by atoms with E-state index in [4.69, 9.17) is 40.1 Å². The van der Waals surface area contributed by atoms with Gasteiger partial charge in [-0.3, -0.25) is 58.1 Å². The summed E-state index contributed by atoms with van der Waals surface area (Å²) in [6, 6.07) is -4.40. The van der Waals surface area contributed by atoms with E-state index in [0.29, 0.717) is 18.4 Å². The molecule has 3 rings (SSSR count). The molecule has 2 aliphatic rings. The molecule has 0 aliphatic carbocycles. The monoisotopic (exact) mass is 1240 g/mol. The Hall–Kier alpha value is -8.51. The number of likely N-dealkylation sites (tertiary alicyclic amines) is 2. The van der Waals surface area contributed by atoms with Crippen molar-refractivity contribution in [3.05, 3.63) is 29.8 Å². The van der Waals surface area contributed by atoms with Gasteiger partial charge >= 0.3 is 5.97 Å². The van der Waals surface area contributed by atoms with Crippen molar-refractivity contribution in [1.82, 2.24) is 47.0 Å². The second kappa shape index (κ2) is 37.2. The molecule has 0 spiro atoms. The Kier molecular flexibility index (Phi) is 31.2. The summed E-state index contributed by atoms with van der Waals surface area (Å²) >= 11 is 0. The minimum atomic E-state index is -1.35. The van der Waals surface area contributed by atoms with Gasteiger partial charge in [0.1, 0.15) is 54.1 Å². The number of amides is 9. The van der Waals surface area contributed by atoms with Crippen LogP contribution in [0.2, 0.25) is 0 Å². The van der Waals surface area contributed by atoms with Crippen molar-refractivity contribution in [2.24, 2.45) is 72.9 Å². The number of carbonyl (C=O) groups excluding carboxylic acids is 9. The minimum absolute atomic E-state index is 0.0151. The van der Waals surface area contributed by atoms with Crippen molar-refractivity contribution < 1.29 is 58.2 Å². The number of aliphatic carboxylic acids is 1. The van der Waals surface area contributed by atoms with Crippen LogP contribution in [0.1, 0.15) is 131 Å². The summed E-state index contributed by atoms with van der Waals surface area (Å²) in [5, 5.41) is 38.3. The van der Waals surface area contributed by atoms with Crippen LogP contribution >= 0.6 is 0 Å². The molecule has 0 bridgehead atoms. The van der Waals surface area contributed by atoms with E-state index >= 15 is 0 Å². The molecule has 2 fully saturated rings. The lowest BCUT2D eigenvalue weighted by Gasteiger charge is -2.32. The summed E-state index contributed by atoms with van der Waals surface area (Å²) in [4.78, 5) is 153. The number of carboxylic acids is 1. The first-order chi connectivity index (χ1) is 41.5. The maximum absolute atomic E-state index is 14.6. The van der Waals surface area contributed by atoms with Crippen LogP contribution < -0.4 is 77.4 Å². The quantitative estimate of drug-likeness (QED) is 0.0176. The fourth-order valence-electron chi connectivity index (χ4n) is 10.2. The first-order valence-corrected chi connectivity index (χ1v) is 30.1. The van der Waals surface area contributed by atoms with E-state index in [1.165, 1.54) is 21.9 Å². The number of carbonyl (C=O) groups is 10. The number of guanidine groups is 3. The molecule has 2 saturated heterocycles. The van der Waals surface area contributed by atoms with Gasteiger partial charge in [-0.2, -0.15) is 0 Å². The number of nitrogens with zero attached hydrogens (tertiary/aromatic N) is 5. The molecule has 2 aliphatic heterocycles. The van der Waals surface area contributed by atoms with E-state index in [2.05, 4.69) is 52.2 Å². The number of hydrogen-bond acceptors (Lipinski definition) is 15. The predicted molar refractivity (Wildman–Crippen MR) is 330 cm³/mol.